The van der Waals surface area contributed by atoms with E-state index in [9.17, 15) is 8.78 Å². The van der Waals surface area contributed by atoms with Crippen molar-refractivity contribution in [2.45, 2.75) is 64.2 Å². The van der Waals surface area contributed by atoms with Crippen molar-refractivity contribution in [3.63, 3.8) is 0 Å². The average molecular weight is 469 g/mol. The van der Waals surface area contributed by atoms with Crippen LogP contribution in [0.3, 0.4) is 0 Å². The van der Waals surface area contributed by atoms with Gasteiger partial charge in [0.1, 0.15) is 12.4 Å². The van der Waals surface area contributed by atoms with Gasteiger partial charge in [0.15, 0.2) is 11.6 Å². The van der Waals surface area contributed by atoms with Gasteiger partial charge in [-0.3, -0.25) is 0 Å². The second kappa shape index (κ2) is 11.3. The van der Waals surface area contributed by atoms with E-state index in [-0.39, 0.29) is 23.5 Å². The summed E-state index contributed by atoms with van der Waals surface area (Å²) in [5.41, 5.74) is 0.958. The smallest absolute Gasteiger partial charge is 0.201 e. The fourth-order valence-electron chi connectivity index (χ4n) is 6.05. The van der Waals surface area contributed by atoms with Crippen LogP contribution in [0.15, 0.2) is 55.1 Å². The third kappa shape index (κ3) is 5.42. The molecule has 0 saturated heterocycles. The summed E-state index contributed by atoms with van der Waals surface area (Å²) in [7, 11) is 0. The second-order valence-electron chi connectivity index (χ2n) is 9.93. The number of hydrogen-bond donors (Lipinski definition) is 0. The van der Waals surface area contributed by atoms with Crippen molar-refractivity contribution in [3.8, 4) is 16.9 Å². The first-order chi connectivity index (χ1) is 16.5. The Morgan fingerprint density at radius 1 is 0.941 bits per heavy atom. The Morgan fingerprint density at radius 3 is 2.47 bits per heavy atom. The zero-order chi connectivity index (χ0) is 24.1. The van der Waals surface area contributed by atoms with E-state index in [0.29, 0.717) is 11.8 Å². The number of fused-ring (bicyclic) bond motifs is 1. The number of allylic oxidation sites excluding steroid dienone is 2. The molecule has 0 N–H and O–H groups in total. The lowest BCUT2D eigenvalue weighted by Crippen LogP contribution is -2.30. The molecule has 2 aromatic carbocycles. The zero-order valence-corrected chi connectivity index (χ0v) is 20.0. The molecule has 2 aromatic rings. The van der Waals surface area contributed by atoms with E-state index in [4.69, 9.17) is 4.74 Å². The molecule has 2 fully saturated rings. The Hall–Kier alpha value is -2.49. The summed E-state index contributed by atoms with van der Waals surface area (Å²) in [5.74, 6) is -0.229. The van der Waals surface area contributed by atoms with Gasteiger partial charge in [0.05, 0.1) is 0 Å². The first kappa shape index (κ1) is 24.6. The van der Waals surface area contributed by atoms with Crippen molar-refractivity contribution in [2.24, 2.45) is 17.8 Å². The summed E-state index contributed by atoms with van der Waals surface area (Å²) in [4.78, 5) is 0. The zero-order valence-electron chi connectivity index (χ0n) is 20.0. The molecule has 0 heterocycles. The van der Waals surface area contributed by atoms with Crippen LogP contribution < -0.4 is 4.74 Å². The number of ether oxygens (including phenoxy) is 1. The monoisotopic (exact) mass is 468 g/mol. The summed E-state index contributed by atoms with van der Waals surface area (Å²) in [6.07, 6.45) is 15.6. The molecule has 0 spiro atoms. The fraction of sp³-hybridized carbons (Fsp3) is 0.467. The predicted octanol–water partition coefficient (Wildman–Crippen LogP) is 8.99. The van der Waals surface area contributed by atoms with Crippen molar-refractivity contribution < 1.29 is 17.9 Å². The van der Waals surface area contributed by atoms with Crippen LogP contribution in [0.1, 0.15) is 69.8 Å². The molecule has 4 rings (SSSR count). The molecule has 0 aliphatic heterocycles. The molecule has 34 heavy (non-hydrogen) atoms. The summed E-state index contributed by atoms with van der Waals surface area (Å²) in [5, 5.41) is 0. The minimum atomic E-state index is -1.11. The minimum Gasteiger partial charge on any atom is -0.486 e. The maximum absolute atomic E-state index is 15.1. The van der Waals surface area contributed by atoms with Gasteiger partial charge in [-0.15, -0.1) is 0 Å². The molecule has 2 saturated carbocycles. The Balaban J connectivity index is 1.44. The summed E-state index contributed by atoms with van der Waals surface area (Å²) in [6, 6.07) is 7.72. The lowest BCUT2D eigenvalue weighted by atomic mass is 9.63. The van der Waals surface area contributed by atoms with Gasteiger partial charge in [0.25, 0.3) is 0 Å². The topological polar surface area (TPSA) is 9.23 Å². The molecule has 0 bridgehead atoms. The summed E-state index contributed by atoms with van der Waals surface area (Å²) < 4.78 is 49.3. The molecular weight excluding hydrogens is 433 g/mol. The molecule has 0 aromatic heterocycles. The van der Waals surface area contributed by atoms with Crippen molar-refractivity contribution in [3.05, 3.63) is 78.2 Å². The van der Waals surface area contributed by atoms with E-state index in [0.717, 1.165) is 30.2 Å². The highest BCUT2D eigenvalue weighted by atomic mass is 19.2. The van der Waals surface area contributed by atoms with Gasteiger partial charge in [-0.1, -0.05) is 43.4 Å². The Bertz CT molecular complexity index is 1030. The lowest BCUT2D eigenvalue weighted by Gasteiger charge is -2.42. The molecule has 1 nitrogen and oxygen atoms in total. The molecule has 182 valence electrons. The van der Waals surface area contributed by atoms with Crippen LogP contribution in [-0.4, -0.2) is 6.61 Å². The van der Waals surface area contributed by atoms with Crippen molar-refractivity contribution in [2.75, 3.05) is 6.61 Å². The molecule has 0 amide bonds. The standard InChI is InChI=1S/C30H35F3O/c1-3-5-6-7-20-8-9-22-18-23(11-10-21(22)17-20)24-12-13-25(27(31)19-24)26-14-15-28(34-16-4-2)30(33)29(26)32/h3-5,12-15,19-23H,2,6-11,16-18H2,1H3/b5-3+. The number of rotatable bonds is 8. The van der Waals surface area contributed by atoms with Gasteiger partial charge in [-0.25, -0.2) is 8.78 Å². The molecule has 0 radical (unpaired) electrons. The van der Waals surface area contributed by atoms with Crippen molar-refractivity contribution in [1.82, 2.24) is 0 Å². The van der Waals surface area contributed by atoms with Gasteiger partial charge in [-0.2, -0.15) is 4.39 Å². The Labute approximate surface area is 201 Å². The van der Waals surface area contributed by atoms with Crippen LogP contribution in [0.2, 0.25) is 0 Å². The van der Waals surface area contributed by atoms with Gasteiger partial charge in [-0.05, 0) is 99.3 Å². The SMILES string of the molecule is C=CCOc1ccc(-c2ccc(C3CCC4CC(CC/C=C/C)CCC4C3)cc2F)c(F)c1F. The first-order valence-electron chi connectivity index (χ1n) is 12.6. The van der Waals surface area contributed by atoms with Crippen molar-refractivity contribution >= 4 is 0 Å². The van der Waals surface area contributed by atoms with Crippen LogP contribution in [0.4, 0.5) is 13.2 Å². The van der Waals surface area contributed by atoms with E-state index >= 15 is 4.39 Å². The van der Waals surface area contributed by atoms with Crippen molar-refractivity contribution in [1.29, 1.82) is 0 Å². The van der Waals surface area contributed by atoms with Gasteiger partial charge >= 0.3 is 0 Å². The van der Waals surface area contributed by atoms with E-state index in [1.807, 2.05) is 6.07 Å². The van der Waals surface area contributed by atoms with Crippen LogP contribution >= 0.6 is 0 Å². The molecule has 4 unspecified atom stereocenters. The number of halogens is 3. The van der Waals surface area contributed by atoms with E-state index in [1.54, 1.807) is 6.07 Å². The lowest BCUT2D eigenvalue weighted by molar-refractivity contribution is 0.115. The third-order valence-corrected chi connectivity index (χ3v) is 7.86. The third-order valence-electron chi connectivity index (χ3n) is 7.86. The summed E-state index contributed by atoms with van der Waals surface area (Å²) in [6.45, 7) is 5.65. The van der Waals surface area contributed by atoms with Crippen LogP contribution in [0.5, 0.6) is 5.75 Å². The molecule has 4 heteroatoms. The minimum absolute atomic E-state index is 0.0683. The second-order valence-corrected chi connectivity index (χ2v) is 9.93. The van der Waals surface area contributed by atoms with Crippen LogP contribution in [-0.2, 0) is 0 Å². The maximum atomic E-state index is 15.1. The summed E-state index contributed by atoms with van der Waals surface area (Å²) >= 11 is 0. The molecular formula is C30H35F3O. The normalized spacial score (nSPS) is 24.7. The Kier molecular flexibility index (Phi) is 8.18. The van der Waals surface area contributed by atoms with Gasteiger partial charge < -0.3 is 4.74 Å². The van der Waals surface area contributed by atoms with E-state index in [2.05, 4.69) is 25.7 Å². The molecule has 2 aliphatic rings. The number of benzene rings is 2. The van der Waals surface area contributed by atoms with E-state index in [1.165, 1.54) is 62.8 Å². The fourth-order valence-corrected chi connectivity index (χ4v) is 6.05. The highest BCUT2D eigenvalue weighted by Crippen LogP contribution is 2.48. The molecule has 4 atom stereocenters. The van der Waals surface area contributed by atoms with Gasteiger partial charge in [0, 0.05) is 11.1 Å². The highest BCUT2D eigenvalue weighted by molar-refractivity contribution is 5.66. The van der Waals surface area contributed by atoms with Gasteiger partial charge in [0.2, 0.25) is 5.82 Å². The largest absolute Gasteiger partial charge is 0.486 e. The first-order valence-corrected chi connectivity index (χ1v) is 12.6. The van der Waals surface area contributed by atoms with Crippen LogP contribution in [0, 0.1) is 35.2 Å². The van der Waals surface area contributed by atoms with E-state index < -0.39 is 17.5 Å². The number of hydrogen-bond acceptors (Lipinski definition) is 1. The predicted molar refractivity (Wildman–Crippen MR) is 132 cm³/mol. The molecule has 2 aliphatic carbocycles. The maximum Gasteiger partial charge on any atom is 0.201 e. The average Bonchev–Trinajstić information content (AvgIpc) is 2.85. The highest BCUT2D eigenvalue weighted by Gasteiger charge is 2.36. The quantitative estimate of drug-likeness (QED) is 0.351. The Morgan fingerprint density at radius 2 is 1.71 bits per heavy atom. The van der Waals surface area contributed by atoms with Crippen LogP contribution in [0.25, 0.3) is 11.1 Å².